The number of amides is 1. The van der Waals surface area contributed by atoms with Crippen LogP contribution < -0.4 is 16.0 Å². The number of nitrogens with two attached hydrogens (primary N) is 1. The third-order valence-corrected chi connectivity index (χ3v) is 7.46. The molecule has 3 aromatic rings. The Bertz CT molecular complexity index is 1390. The molecule has 0 bridgehead atoms. The number of halogens is 3. The summed E-state index contributed by atoms with van der Waals surface area (Å²) in [5.41, 5.74) is 9.25. The summed E-state index contributed by atoms with van der Waals surface area (Å²) in [4.78, 5) is 27.8. The van der Waals surface area contributed by atoms with Crippen LogP contribution >= 0.6 is 0 Å². The minimum absolute atomic E-state index is 0.104. The lowest BCUT2D eigenvalue weighted by atomic mass is 10.0. The van der Waals surface area contributed by atoms with Crippen molar-refractivity contribution < 1.29 is 18.0 Å². The van der Waals surface area contributed by atoms with Gasteiger partial charge in [-0.15, -0.1) is 0 Å². The molecule has 0 spiro atoms. The summed E-state index contributed by atoms with van der Waals surface area (Å²) in [7, 11) is 2.00. The summed E-state index contributed by atoms with van der Waals surface area (Å²) in [5, 5.41) is 2.66. The molecule has 0 unspecified atom stereocenters. The van der Waals surface area contributed by atoms with Gasteiger partial charge in [-0.2, -0.15) is 13.2 Å². The van der Waals surface area contributed by atoms with Gasteiger partial charge in [-0.05, 0) is 48.9 Å². The van der Waals surface area contributed by atoms with Crippen molar-refractivity contribution in [2.45, 2.75) is 19.1 Å². The number of alkyl halides is 3. The molecule has 3 N–H and O–H groups in total. The predicted molar refractivity (Wildman–Crippen MR) is 149 cm³/mol. The fourth-order valence-corrected chi connectivity index (χ4v) is 5.15. The summed E-state index contributed by atoms with van der Waals surface area (Å²) in [6.07, 6.45) is 2.61. The van der Waals surface area contributed by atoms with Crippen molar-refractivity contribution >= 4 is 22.9 Å². The fraction of sp³-hybridized carbons (Fsp3) is 0.345. The van der Waals surface area contributed by atoms with Gasteiger partial charge in [0.15, 0.2) is 0 Å². The first-order valence-corrected chi connectivity index (χ1v) is 13.2. The lowest BCUT2D eigenvalue weighted by Gasteiger charge is -2.33. The number of aromatic nitrogens is 2. The maximum atomic E-state index is 14.0. The van der Waals surface area contributed by atoms with Crippen molar-refractivity contribution in [2.24, 2.45) is 5.73 Å². The molecule has 2 aliphatic heterocycles. The summed E-state index contributed by atoms with van der Waals surface area (Å²) < 4.78 is 42.0. The zero-order chi connectivity index (χ0) is 28.3. The molecule has 0 saturated carbocycles. The number of nitrogens with zero attached hydrogens (tertiary/aromatic N) is 5. The molecule has 1 aromatic heterocycles. The second kappa shape index (κ2) is 11.6. The maximum absolute atomic E-state index is 14.0. The highest BCUT2D eigenvalue weighted by Gasteiger charge is 2.34. The number of carbonyl (C=O) groups is 1. The number of anilines is 2. The van der Waals surface area contributed by atoms with Crippen LogP contribution in [0, 0.1) is 0 Å². The highest BCUT2D eigenvalue weighted by molar-refractivity contribution is 6.05. The summed E-state index contributed by atoms with van der Waals surface area (Å²) >= 11 is 0. The van der Waals surface area contributed by atoms with Gasteiger partial charge < -0.3 is 20.9 Å². The Morgan fingerprint density at radius 3 is 2.58 bits per heavy atom. The molecule has 2 aromatic carbocycles. The van der Waals surface area contributed by atoms with Crippen LogP contribution in [0.5, 0.6) is 0 Å². The number of hydrogen-bond acceptors (Lipinski definition) is 7. The van der Waals surface area contributed by atoms with Crippen LogP contribution in [0.15, 0.2) is 61.2 Å². The number of benzene rings is 2. The number of piperazine rings is 1. The molecule has 0 radical (unpaired) electrons. The molecule has 0 aliphatic carbocycles. The Kier molecular flexibility index (Phi) is 8.04. The first-order valence-electron chi connectivity index (χ1n) is 13.2. The smallest absolute Gasteiger partial charge is 0.404 e. The number of nitrogens with one attached hydrogen (secondary N) is 1. The van der Waals surface area contributed by atoms with Crippen LogP contribution in [0.4, 0.5) is 24.5 Å². The van der Waals surface area contributed by atoms with E-state index in [9.17, 15) is 18.0 Å². The van der Waals surface area contributed by atoms with Crippen molar-refractivity contribution in [1.29, 1.82) is 0 Å². The average Bonchev–Trinajstić information content (AvgIpc) is 3.35. The lowest BCUT2D eigenvalue weighted by Crippen LogP contribution is -2.44. The monoisotopic (exact) mass is 551 g/mol. The SMILES string of the molecule is CN1CCN(Cc2ccc(NC(=O)c3ccc4c(c3)N(C/C(=C/N)c3cnccn3)CC4)cc2C(F)(F)F)CC1. The quantitative estimate of drug-likeness (QED) is 0.461. The average molecular weight is 552 g/mol. The highest BCUT2D eigenvalue weighted by atomic mass is 19.4. The minimum Gasteiger partial charge on any atom is -0.404 e. The van der Waals surface area contributed by atoms with E-state index in [2.05, 4.69) is 25.1 Å². The van der Waals surface area contributed by atoms with Crippen LogP contribution in [-0.4, -0.2) is 72.0 Å². The number of carbonyl (C=O) groups excluding carboxylic acids is 1. The number of fused-ring (bicyclic) bond motifs is 1. The molecule has 3 heterocycles. The maximum Gasteiger partial charge on any atom is 0.416 e. The molecule has 5 rings (SSSR count). The van der Waals surface area contributed by atoms with Gasteiger partial charge in [0.1, 0.15) is 0 Å². The lowest BCUT2D eigenvalue weighted by molar-refractivity contribution is -0.138. The first kappa shape index (κ1) is 27.6. The van der Waals surface area contributed by atoms with Gasteiger partial charge in [0.25, 0.3) is 5.91 Å². The second-order valence-corrected chi connectivity index (χ2v) is 10.2. The number of likely N-dealkylation sites (N-methyl/N-ethyl adjacent to an activating group) is 1. The van der Waals surface area contributed by atoms with Crippen molar-refractivity contribution in [3.63, 3.8) is 0 Å². The third kappa shape index (κ3) is 6.26. The fourth-order valence-electron chi connectivity index (χ4n) is 5.15. The zero-order valence-electron chi connectivity index (χ0n) is 22.3. The van der Waals surface area contributed by atoms with E-state index < -0.39 is 17.6 Å². The van der Waals surface area contributed by atoms with E-state index in [4.69, 9.17) is 5.73 Å². The molecule has 0 atom stereocenters. The molecule has 1 saturated heterocycles. The van der Waals surface area contributed by atoms with E-state index in [1.807, 2.05) is 18.0 Å². The van der Waals surface area contributed by atoms with Gasteiger partial charge in [-0.25, -0.2) is 0 Å². The zero-order valence-corrected chi connectivity index (χ0v) is 22.3. The van der Waals surface area contributed by atoms with Crippen molar-refractivity contribution in [3.05, 3.63) is 89.1 Å². The van der Waals surface area contributed by atoms with Gasteiger partial charge in [-0.3, -0.25) is 19.7 Å². The van der Waals surface area contributed by atoms with Gasteiger partial charge in [0.2, 0.25) is 0 Å². The molecule has 210 valence electrons. The molecule has 40 heavy (non-hydrogen) atoms. The topological polar surface area (TPSA) is 90.6 Å². The second-order valence-electron chi connectivity index (χ2n) is 10.2. The van der Waals surface area contributed by atoms with Gasteiger partial charge >= 0.3 is 6.18 Å². The summed E-state index contributed by atoms with van der Waals surface area (Å²) in [6, 6.07) is 9.40. The molecule has 8 nitrogen and oxygen atoms in total. The summed E-state index contributed by atoms with van der Waals surface area (Å²) in [6.45, 7) is 4.49. The van der Waals surface area contributed by atoms with Crippen LogP contribution in [0.2, 0.25) is 0 Å². The van der Waals surface area contributed by atoms with E-state index in [1.54, 1.807) is 30.7 Å². The normalized spacial score (nSPS) is 16.7. The van der Waals surface area contributed by atoms with E-state index in [0.29, 0.717) is 30.9 Å². The Morgan fingerprint density at radius 1 is 1.07 bits per heavy atom. The van der Waals surface area contributed by atoms with E-state index in [1.165, 1.54) is 18.3 Å². The molecular formula is C29H32F3N7O. The van der Waals surface area contributed by atoms with Gasteiger partial charge in [-0.1, -0.05) is 12.1 Å². The van der Waals surface area contributed by atoms with Crippen molar-refractivity contribution in [3.8, 4) is 0 Å². The minimum atomic E-state index is -4.53. The molecule has 1 amide bonds. The number of hydrogen-bond donors (Lipinski definition) is 2. The van der Waals surface area contributed by atoms with E-state index >= 15 is 0 Å². The van der Waals surface area contributed by atoms with E-state index in [-0.39, 0.29) is 17.8 Å². The highest BCUT2D eigenvalue weighted by Crippen LogP contribution is 2.35. The predicted octanol–water partition coefficient (Wildman–Crippen LogP) is 3.86. The van der Waals surface area contributed by atoms with E-state index in [0.717, 1.165) is 48.9 Å². The van der Waals surface area contributed by atoms with Crippen LogP contribution in [0.1, 0.15) is 32.7 Å². The molecule has 11 heteroatoms. The van der Waals surface area contributed by atoms with Crippen molar-refractivity contribution in [1.82, 2.24) is 19.8 Å². The van der Waals surface area contributed by atoms with Gasteiger partial charge in [0.05, 0.1) is 17.5 Å². The third-order valence-electron chi connectivity index (χ3n) is 7.46. The largest absolute Gasteiger partial charge is 0.416 e. The Morgan fingerprint density at radius 2 is 1.88 bits per heavy atom. The van der Waals surface area contributed by atoms with Gasteiger partial charge in [0, 0.05) is 86.9 Å². The van der Waals surface area contributed by atoms with Crippen LogP contribution in [0.3, 0.4) is 0 Å². The summed E-state index contributed by atoms with van der Waals surface area (Å²) in [5.74, 6) is -0.474. The molecular weight excluding hydrogens is 519 g/mol. The van der Waals surface area contributed by atoms with Crippen LogP contribution in [0.25, 0.3) is 5.57 Å². The Hall–Kier alpha value is -3.96. The Balaban J connectivity index is 1.31. The van der Waals surface area contributed by atoms with Crippen LogP contribution in [-0.2, 0) is 19.1 Å². The number of rotatable bonds is 7. The Labute approximate surface area is 231 Å². The molecule has 2 aliphatic rings. The first-order chi connectivity index (χ1) is 19.2. The standard InChI is InChI=1S/C29H32F3N7O/c1-37-10-12-38(13-11-37)18-22-4-5-24(15-25(22)29(30,31)32)36-28(40)21-3-2-20-6-9-39(27(20)14-21)19-23(16-33)26-17-34-7-8-35-26/h2-5,7-8,14-17H,6,9-13,18-19,33H2,1H3,(H,36,40)/b23-16-. The molecule has 1 fully saturated rings. The van der Waals surface area contributed by atoms with Crippen molar-refractivity contribution in [2.75, 3.05) is 56.5 Å².